The standard InChI is InChI=1S/C12H20N6O2S/c1-2-5-18-9(6-13)16-17-12(18)21-7-10(19)15-11(20)14-8-3-4-8/h8H,2-7,13H2,1H3,(H2,14,15,19,20). The summed E-state index contributed by atoms with van der Waals surface area (Å²) in [4.78, 5) is 23.1. The van der Waals surface area contributed by atoms with Crippen LogP contribution >= 0.6 is 11.8 Å². The number of carbonyl (C=O) groups is 2. The summed E-state index contributed by atoms with van der Waals surface area (Å²) in [5, 5.41) is 13.7. The van der Waals surface area contributed by atoms with Crippen molar-refractivity contribution in [2.24, 2.45) is 5.73 Å². The van der Waals surface area contributed by atoms with Crippen LogP contribution in [0.1, 0.15) is 32.0 Å². The second-order valence-electron chi connectivity index (χ2n) is 4.84. The fourth-order valence-corrected chi connectivity index (χ4v) is 2.55. The second-order valence-corrected chi connectivity index (χ2v) is 5.78. The molecule has 8 nitrogen and oxygen atoms in total. The quantitative estimate of drug-likeness (QED) is 0.621. The van der Waals surface area contributed by atoms with Crippen LogP contribution in [0.4, 0.5) is 4.79 Å². The summed E-state index contributed by atoms with van der Waals surface area (Å²) in [6, 6.07) is -0.203. The summed E-state index contributed by atoms with van der Waals surface area (Å²) in [5.74, 6) is 0.467. The highest BCUT2D eigenvalue weighted by molar-refractivity contribution is 7.99. The molecule has 1 heterocycles. The molecule has 0 aromatic carbocycles. The minimum Gasteiger partial charge on any atom is -0.335 e. The SMILES string of the molecule is CCCn1c(CN)nnc1SCC(=O)NC(=O)NC1CC1. The van der Waals surface area contributed by atoms with Crippen molar-refractivity contribution >= 4 is 23.7 Å². The number of hydrogen-bond donors (Lipinski definition) is 3. The van der Waals surface area contributed by atoms with Crippen molar-refractivity contribution in [3.63, 3.8) is 0 Å². The van der Waals surface area contributed by atoms with Gasteiger partial charge in [0.2, 0.25) is 5.91 Å². The molecule has 21 heavy (non-hydrogen) atoms. The van der Waals surface area contributed by atoms with Gasteiger partial charge in [-0.05, 0) is 19.3 Å². The minimum absolute atomic E-state index is 0.116. The van der Waals surface area contributed by atoms with Crippen molar-refractivity contribution in [1.29, 1.82) is 0 Å². The first-order chi connectivity index (χ1) is 10.1. The number of thioether (sulfide) groups is 1. The highest BCUT2D eigenvalue weighted by atomic mass is 32.2. The van der Waals surface area contributed by atoms with Crippen molar-refractivity contribution in [3.05, 3.63) is 5.82 Å². The van der Waals surface area contributed by atoms with Crippen molar-refractivity contribution in [3.8, 4) is 0 Å². The summed E-state index contributed by atoms with van der Waals surface area (Å²) in [7, 11) is 0. The Morgan fingerprint density at radius 2 is 2.19 bits per heavy atom. The number of nitrogens with one attached hydrogen (secondary N) is 2. The Hall–Kier alpha value is -1.61. The molecule has 0 spiro atoms. The Bertz CT molecular complexity index is 514. The number of urea groups is 1. The molecular formula is C12H20N6O2S. The normalized spacial score (nSPS) is 14.0. The fourth-order valence-electron chi connectivity index (χ4n) is 1.77. The van der Waals surface area contributed by atoms with E-state index in [1.807, 2.05) is 11.5 Å². The second kappa shape index (κ2) is 7.41. The van der Waals surface area contributed by atoms with Crippen LogP contribution < -0.4 is 16.4 Å². The number of imide groups is 1. The molecular weight excluding hydrogens is 292 g/mol. The predicted molar refractivity (Wildman–Crippen MR) is 78.6 cm³/mol. The maximum absolute atomic E-state index is 11.7. The van der Waals surface area contributed by atoms with Gasteiger partial charge >= 0.3 is 6.03 Å². The third kappa shape index (κ3) is 4.71. The van der Waals surface area contributed by atoms with Gasteiger partial charge in [-0.1, -0.05) is 18.7 Å². The Morgan fingerprint density at radius 3 is 2.81 bits per heavy atom. The van der Waals surface area contributed by atoms with E-state index in [4.69, 9.17) is 5.73 Å². The number of hydrogen-bond acceptors (Lipinski definition) is 6. The molecule has 0 bridgehead atoms. The van der Waals surface area contributed by atoms with Gasteiger partial charge in [0.25, 0.3) is 0 Å². The molecule has 1 aromatic rings. The molecule has 0 aliphatic heterocycles. The van der Waals surface area contributed by atoms with Crippen molar-refractivity contribution in [1.82, 2.24) is 25.4 Å². The topological polar surface area (TPSA) is 115 Å². The van der Waals surface area contributed by atoms with Gasteiger partial charge < -0.3 is 15.6 Å². The number of nitrogens with two attached hydrogens (primary N) is 1. The first-order valence-electron chi connectivity index (χ1n) is 6.99. The van der Waals surface area contributed by atoms with E-state index < -0.39 is 6.03 Å². The lowest BCUT2D eigenvalue weighted by atomic mass is 10.4. The molecule has 1 aliphatic carbocycles. The molecule has 9 heteroatoms. The summed E-state index contributed by atoms with van der Waals surface area (Å²) in [5.41, 5.74) is 5.60. The molecule has 1 aliphatic rings. The van der Waals surface area contributed by atoms with Crippen LogP contribution in [-0.2, 0) is 17.9 Å². The number of amides is 3. The Labute approximate surface area is 127 Å². The lowest BCUT2D eigenvalue weighted by molar-refractivity contribution is -0.117. The summed E-state index contributed by atoms with van der Waals surface area (Å²) in [6.45, 7) is 3.11. The molecule has 1 fully saturated rings. The van der Waals surface area contributed by atoms with Crippen LogP contribution in [0.3, 0.4) is 0 Å². The molecule has 3 amide bonds. The largest absolute Gasteiger partial charge is 0.335 e. The smallest absolute Gasteiger partial charge is 0.321 e. The van der Waals surface area contributed by atoms with Gasteiger partial charge in [0.05, 0.1) is 12.3 Å². The summed E-state index contributed by atoms with van der Waals surface area (Å²) in [6.07, 6.45) is 2.89. The first kappa shape index (κ1) is 15.8. The number of carbonyl (C=O) groups excluding carboxylic acids is 2. The number of rotatable bonds is 7. The molecule has 1 saturated carbocycles. The van der Waals surface area contributed by atoms with Crippen LogP contribution in [0.2, 0.25) is 0 Å². The average molecular weight is 312 g/mol. The highest BCUT2D eigenvalue weighted by Crippen LogP contribution is 2.19. The van der Waals surface area contributed by atoms with Crippen LogP contribution in [-0.4, -0.2) is 38.5 Å². The van der Waals surface area contributed by atoms with Crippen LogP contribution in [0.25, 0.3) is 0 Å². The van der Waals surface area contributed by atoms with E-state index in [-0.39, 0.29) is 17.7 Å². The third-order valence-electron chi connectivity index (χ3n) is 2.92. The zero-order chi connectivity index (χ0) is 15.2. The number of nitrogens with zero attached hydrogens (tertiary/aromatic N) is 3. The zero-order valence-corrected chi connectivity index (χ0v) is 12.8. The number of aromatic nitrogens is 3. The monoisotopic (exact) mass is 312 g/mol. The van der Waals surface area contributed by atoms with E-state index in [2.05, 4.69) is 20.8 Å². The van der Waals surface area contributed by atoms with Gasteiger partial charge in [-0.3, -0.25) is 10.1 Å². The first-order valence-corrected chi connectivity index (χ1v) is 7.97. The maximum Gasteiger partial charge on any atom is 0.321 e. The Balaban J connectivity index is 1.82. The van der Waals surface area contributed by atoms with Gasteiger partial charge in [-0.15, -0.1) is 10.2 Å². The van der Waals surface area contributed by atoms with Gasteiger partial charge in [-0.25, -0.2) is 4.79 Å². The summed E-state index contributed by atoms with van der Waals surface area (Å²) >= 11 is 1.25. The van der Waals surface area contributed by atoms with E-state index >= 15 is 0 Å². The van der Waals surface area contributed by atoms with E-state index in [0.29, 0.717) is 17.5 Å². The van der Waals surface area contributed by atoms with E-state index in [1.54, 1.807) is 0 Å². The Kier molecular flexibility index (Phi) is 5.57. The predicted octanol–water partition coefficient (Wildman–Crippen LogP) is 0.227. The molecule has 2 rings (SSSR count). The van der Waals surface area contributed by atoms with Gasteiger partial charge in [0, 0.05) is 12.6 Å². The minimum atomic E-state index is -0.430. The summed E-state index contributed by atoms with van der Waals surface area (Å²) < 4.78 is 1.90. The Morgan fingerprint density at radius 1 is 1.43 bits per heavy atom. The fraction of sp³-hybridized carbons (Fsp3) is 0.667. The van der Waals surface area contributed by atoms with Crippen LogP contribution in [0.15, 0.2) is 5.16 Å². The molecule has 0 saturated heterocycles. The molecule has 0 radical (unpaired) electrons. The van der Waals surface area contributed by atoms with Gasteiger partial charge in [-0.2, -0.15) is 0 Å². The molecule has 1 aromatic heterocycles. The van der Waals surface area contributed by atoms with Crippen LogP contribution in [0, 0.1) is 0 Å². The maximum atomic E-state index is 11.7. The lowest BCUT2D eigenvalue weighted by Crippen LogP contribution is -2.41. The molecule has 4 N–H and O–H groups in total. The molecule has 0 atom stereocenters. The van der Waals surface area contributed by atoms with Crippen molar-refractivity contribution in [2.75, 3.05) is 5.75 Å². The van der Waals surface area contributed by atoms with Crippen LogP contribution in [0.5, 0.6) is 0 Å². The highest BCUT2D eigenvalue weighted by Gasteiger charge is 2.24. The third-order valence-corrected chi connectivity index (χ3v) is 3.89. The zero-order valence-electron chi connectivity index (χ0n) is 12.0. The van der Waals surface area contributed by atoms with Crippen molar-refractivity contribution < 1.29 is 9.59 Å². The molecule has 0 unspecified atom stereocenters. The van der Waals surface area contributed by atoms with E-state index in [1.165, 1.54) is 11.8 Å². The van der Waals surface area contributed by atoms with E-state index in [9.17, 15) is 9.59 Å². The molecule has 116 valence electrons. The van der Waals surface area contributed by atoms with Gasteiger partial charge in [0.1, 0.15) is 5.82 Å². The van der Waals surface area contributed by atoms with E-state index in [0.717, 1.165) is 25.8 Å². The average Bonchev–Trinajstić information content (AvgIpc) is 3.17. The van der Waals surface area contributed by atoms with Gasteiger partial charge in [0.15, 0.2) is 5.16 Å². The van der Waals surface area contributed by atoms with Crippen molar-refractivity contribution in [2.45, 2.75) is 50.5 Å². The lowest BCUT2D eigenvalue weighted by Gasteiger charge is -2.08.